The Morgan fingerprint density at radius 1 is 1.44 bits per heavy atom. The van der Waals surface area contributed by atoms with E-state index in [9.17, 15) is 4.79 Å². The second kappa shape index (κ2) is 4.23. The molecule has 0 aliphatic rings. The first-order chi connectivity index (χ1) is 8.78. The molecule has 6 heteroatoms. The standard InChI is InChI=1S/C12H9N3O2S/c1-17-12(16)10-7-13-11(18-10)8-3-5-15-9(6-8)2-4-14-15/h2-7H,1H3. The number of hydrogen-bond donors (Lipinski definition) is 0. The lowest BCUT2D eigenvalue weighted by Gasteiger charge is -1.97. The van der Waals surface area contributed by atoms with Crippen molar-refractivity contribution in [3.05, 3.63) is 41.7 Å². The molecule has 0 aromatic carbocycles. The minimum atomic E-state index is -0.357. The van der Waals surface area contributed by atoms with E-state index in [1.807, 2.05) is 24.4 Å². The maximum absolute atomic E-state index is 11.4. The third-order valence-corrected chi connectivity index (χ3v) is 3.57. The zero-order valence-electron chi connectivity index (χ0n) is 9.53. The number of fused-ring (bicyclic) bond motifs is 1. The van der Waals surface area contributed by atoms with Gasteiger partial charge in [0.2, 0.25) is 0 Å². The van der Waals surface area contributed by atoms with Crippen molar-refractivity contribution >= 4 is 22.8 Å². The summed E-state index contributed by atoms with van der Waals surface area (Å²) in [6, 6.07) is 5.81. The monoisotopic (exact) mass is 259 g/mol. The lowest BCUT2D eigenvalue weighted by atomic mass is 10.2. The molecule has 0 saturated carbocycles. The molecule has 90 valence electrons. The summed E-state index contributed by atoms with van der Waals surface area (Å²) in [5.74, 6) is -0.357. The van der Waals surface area contributed by atoms with Gasteiger partial charge in [0, 0.05) is 18.0 Å². The van der Waals surface area contributed by atoms with Gasteiger partial charge in [-0.2, -0.15) is 5.10 Å². The maximum atomic E-state index is 11.4. The number of esters is 1. The molecule has 0 atom stereocenters. The highest BCUT2D eigenvalue weighted by molar-refractivity contribution is 7.16. The summed E-state index contributed by atoms with van der Waals surface area (Å²) in [7, 11) is 1.36. The molecule has 0 amide bonds. The van der Waals surface area contributed by atoms with Gasteiger partial charge in [-0.05, 0) is 18.2 Å². The topological polar surface area (TPSA) is 56.5 Å². The molecular weight excluding hydrogens is 250 g/mol. The average Bonchev–Trinajstić information content (AvgIpc) is 3.05. The molecule has 0 saturated heterocycles. The first kappa shape index (κ1) is 10.9. The van der Waals surface area contributed by atoms with Crippen LogP contribution in [-0.4, -0.2) is 27.7 Å². The van der Waals surface area contributed by atoms with E-state index < -0.39 is 0 Å². The number of methoxy groups -OCH3 is 1. The zero-order chi connectivity index (χ0) is 12.5. The Hall–Kier alpha value is -2.21. The first-order valence-electron chi connectivity index (χ1n) is 5.26. The van der Waals surface area contributed by atoms with Gasteiger partial charge in [-0.15, -0.1) is 11.3 Å². The molecule has 0 aliphatic carbocycles. The number of pyridine rings is 1. The number of hydrogen-bond acceptors (Lipinski definition) is 5. The molecule has 0 unspecified atom stereocenters. The van der Waals surface area contributed by atoms with Crippen LogP contribution >= 0.6 is 11.3 Å². The van der Waals surface area contributed by atoms with E-state index in [2.05, 4.69) is 14.8 Å². The van der Waals surface area contributed by atoms with E-state index in [0.717, 1.165) is 16.1 Å². The van der Waals surface area contributed by atoms with Crippen LogP contribution in [0.1, 0.15) is 9.67 Å². The van der Waals surface area contributed by atoms with Gasteiger partial charge >= 0.3 is 5.97 Å². The molecule has 3 aromatic heterocycles. The summed E-state index contributed by atoms with van der Waals surface area (Å²) in [4.78, 5) is 16.1. The van der Waals surface area contributed by atoms with Gasteiger partial charge in [0.25, 0.3) is 0 Å². The quantitative estimate of drug-likeness (QED) is 0.662. The molecule has 5 nitrogen and oxygen atoms in total. The summed E-state index contributed by atoms with van der Waals surface area (Å²) in [6.45, 7) is 0. The van der Waals surface area contributed by atoms with E-state index in [0.29, 0.717) is 4.88 Å². The Bertz CT molecular complexity index is 717. The minimum absolute atomic E-state index is 0.357. The average molecular weight is 259 g/mol. The van der Waals surface area contributed by atoms with Crippen molar-refractivity contribution in [2.75, 3.05) is 7.11 Å². The van der Waals surface area contributed by atoms with Crippen LogP contribution in [0.25, 0.3) is 16.1 Å². The lowest BCUT2D eigenvalue weighted by Crippen LogP contribution is -1.96. The van der Waals surface area contributed by atoms with E-state index in [1.54, 1.807) is 10.7 Å². The minimum Gasteiger partial charge on any atom is -0.465 e. The number of carbonyl (C=O) groups excluding carboxylic acids is 1. The summed E-state index contributed by atoms with van der Waals surface area (Å²) < 4.78 is 6.44. The van der Waals surface area contributed by atoms with Crippen molar-refractivity contribution < 1.29 is 9.53 Å². The Morgan fingerprint density at radius 2 is 2.33 bits per heavy atom. The lowest BCUT2D eigenvalue weighted by molar-refractivity contribution is 0.0606. The Labute approximate surface area is 107 Å². The Kier molecular flexibility index (Phi) is 2.56. The number of rotatable bonds is 2. The summed E-state index contributed by atoms with van der Waals surface area (Å²) in [6.07, 6.45) is 5.14. The van der Waals surface area contributed by atoms with Crippen LogP contribution < -0.4 is 0 Å². The fraction of sp³-hybridized carbons (Fsp3) is 0.0833. The van der Waals surface area contributed by atoms with Crippen LogP contribution in [0.4, 0.5) is 0 Å². The first-order valence-corrected chi connectivity index (χ1v) is 6.07. The van der Waals surface area contributed by atoms with Gasteiger partial charge in [0.1, 0.15) is 9.88 Å². The molecule has 3 heterocycles. The van der Waals surface area contributed by atoms with E-state index in [-0.39, 0.29) is 5.97 Å². The number of ether oxygens (including phenoxy) is 1. The van der Waals surface area contributed by atoms with Crippen molar-refractivity contribution in [1.29, 1.82) is 0 Å². The van der Waals surface area contributed by atoms with Crippen LogP contribution in [0.5, 0.6) is 0 Å². The number of nitrogens with zero attached hydrogens (tertiary/aromatic N) is 3. The SMILES string of the molecule is COC(=O)c1cnc(-c2ccn3nccc3c2)s1. The van der Waals surface area contributed by atoms with E-state index in [4.69, 9.17) is 0 Å². The summed E-state index contributed by atoms with van der Waals surface area (Å²) in [5, 5.41) is 4.92. The second-order valence-electron chi connectivity index (χ2n) is 3.64. The smallest absolute Gasteiger partial charge is 0.349 e. The molecule has 0 N–H and O–H groups in total. The molecule has 3 rings (SSSR count). The van der Waals surface area contributed by atoms with Crippen molar-refractivity contribution in [1.82, 2.24) is 14.6 Å². The van der Waals surface area contributed by atoms with Crippen molar-refractivity contribution in [2.45, 2.75) is 0 Å². The number of carbonyl (C=O) groups is 1. The largest absolute Gasteiger partial charge is 0.465 e. The predicted molar refractivity (Wildman–Crippen MR) is 67.6 cm³/mol. The zero-order valence-corrected chi connectivity index (χ0v) is 10.3. The van der Waals surface area contributed by atoms with Crippen molar-refractivity contribution in [3.8, 4) is 10.6 Å². The van der Waals surface area contributed by atoms with Gasteiger partial charge in [-0.25, -0.2) is 14.3 Å². The Balaban J connectivity index is 2.03. The second-order valence-corrected chi connectivity index (χ2v) is 4.67. The summed E-state index contributed by atoms with van der Waals surface area (Å²) >= 11 is 1.31. The van der Waals surface area contributed by atoms with Crippen molar-refractivity contribution in [2.24, 2.45) is 0 Å². The maximum Gasteiger partial charge on any atom is 0.349 e. The molecule has 18 heavy (non-hydrogen) atoms. The van der Waals surface area contributed by atoms with Gasteiger partial charge in [0.15, 0.2) is 0 Å². The summed E-state index contributed by atoms with van der Waals surface area (Å²) in [5.41, 5.74) is 1.95. The highest BCUT2D eigenvalue weighted by atomic mass is 32.1. The molecule has 0 bridgehead atoms. The van der Waals surface area contributed by atoms with Crippen LogP contribution in [0.15, 0.2) is 36.8 Å². The fourth-order valence-electron chi connectivity index (χ4n) is 1.66. The third kappa shape index (κ3) is 1.76. The normalized spacial score (nSPS) is 10.7. The third-order valence-electron chi connectivity index (χ3n) is 2.54. The molecule has 0 fully saturated rings. The molecule has 0 spiro atoms. The highest BCUT2D eigenvalue weighted by Crippen LogP contribution is 2.26. The Morgan fingerprint density at radius 3 is 3.17 bits per heavy atom. The number of aromatic nitrogens is 3. The van der Waals surface area contributed by atoms with Gasteiger partial charge in [-0.1, -0.05) is 0 Å². The van der Waals surface area contributed by atoms with Gasteiger partial charge < -0.3 is 4.74 Å². The van der Waals surface area contributed by atoms with Crippen LogP contribution in [0, 0.1) is 0 Å². The van der Waals surface area contributed by atoms with Crippen LogP contribution in [0.2, 0.25) is 0 Å². The van der Waals surface area contributed by atoms with Crippen molar-refractivity contribution in [3.63, 3.8) is 0 Å². The fourth-order valence-corrected chi connectivity index (χ4v) is 2.49. The predicted octanol–water partition coefficient (Wildman–Crippen LogP) is 2.24. The van der Waals surface area contributed by atoms with Crippen LogP contribution in [0.3, 0.4) is 0 Å². The van der Waals surface area contributed by atoms with Gasteiger partial charge in [0.05, 0.1) is 18.8 Å². The molecule has 3 aromatic rings. The molecule has 0 aliphatic heterocycles. The van der Waals surface area contributed by atoms with E-state index in [1.165, 1.54) is 24.6 Å². The van der Waals surface area contributed by atoms with Crippen LogP contribution in [-0.2, 0) is 4.74 Å². The van der Waals surface area contributed by atoms with E-state index >= 15 is 0 Å². The van der Waals surface area contributed by atoms with Gasteiger partial charge in [-0.3, -0.25) is 0 Å². The highest BCUT2D eigenvalue weighted by Gasteiger charge is 2.11. The number of thiazole rings is 1. The molecular formula is C12H9N3O2S. The molecule has 0 radical (unpaired) electrons.